The van der Waals surface area contributed by atoms with Crippen molar-refractivity contribution in [2.24, 2.45) is 0 Å². The van der Waals surface area contributed by atoms with E-state index in [4.69, 9.17) is 0 Å². The van der Waals surface area contributed by atoms with Crippen LogP contribution in [0.25, 0.3) is 0 Å². The van der Waals surface area contributed by atoms with Gasteiger partial charge in [-0.15, -0.1) is 0 Å². The van der Waals surface area contributed by atoms with Gasteiger partial charge in [-0.05, 0) is 81.5 Å². The van der Waals surface area contributed by atoms with Gasteiger partial charge in [-0.2, -0.15) is 0 Å². The Morgan fingerprint density at radius 3 is 1.64 bits per heavy atom. The summed E-state index contributed by atoms with van der Waals surface area (Å²) < 4.78 is 3.38. The Morgan fingerprint density at radius 1 is 0.667 bits per heavy atom. The molecular formula is C42H69NOU+. The number of benzene rings is 2. The van der Waals surface area contributed by atoms with Gasteiger partial charge in [0.15, 0.2) is 7.11 Å². The number of fused-ring (bicyclic) bond motifs is 2. The van der Waals surface area contributed by atoms with Gasteiger partial charge in [0, 0.05) is 36.0 Å². The second-order valence-electron chi connectivity index (χ2n) is 11.5. The average Bonchev–Trinajstić information content (AvgIpc) is 3.24. The van der Waals surface area contributed by atoms with Crippen molar-refractivity contribution in [3.05, 3.63) is 128 Å². The number of likely N-dealkylation sites (N-methyl/N-ethyl adjacent to an activating group) is 1. The molecule has 0 aliphatic carbocycles. The molecule has 2 heterocycles. The first-order valence-electron chi connectivity index (χ1n) is 15.7. The normalized spacial score (nSPS) is 17.3. The zero-order chi connectivity index (χ0) is 31.7. The van der Waals surface area contributed by atoms with Crippen LogP contribution in [0, 0.1) is 81.1 Å². The molecule has 2 nitrogen and oxygen atoms in total. The first kappa shape index (κ1) is 49.9. The minimum atomic E-state index is -0.00280. The number of nitrogens with zero attached hydrogens (tertiary/aromatic N) is 1. The Balaban J connectivity index is -0.000000793. The molecule has 1 atom stereocenters. The molecule has 0 spiro atoms. The van der Waals surface area contributed by atoms with Crippen molar-refractivity contribution in [3.8, 4) is 5.75 Å². The van der Waals surface area contributed by atoms with Crippen molar-refractivity contribution >= 4 is 5.69 Å². The Bertz CT molecular complexity index is 1280. The number of rotatable bonds is 4. The fourth-order valence-electron chi connectivity index (χ4n) is 6.61. The van der Waals surface area contributed by atoms with E-state index in [9.17, 15) is 0 Å². The van der Waals surface area contributed by atoms with Crippen molar-refractivity contribution in [1.82, 2.24) is 0 Å². The van der Waals surface area contributed by atoms with E-state index < -0.39 is 0 Å². The van der Waals surface area contributed by atoms with Gasteiger partial charge in [-0.1, -0.05) is 97.9 Å². The molecule has 45 heavy (non-hydrogen) atoms. The summed E-state index contributed by atoms with van der Waals surface area (Å²) in [6.07, 6.45) is 15.5. The van der Waals surface area contributed by atoms with Crippen molar-refractivity contribution in [1.29, 1.82) is 0 Å². The molecule has 3 heteroatoms. The third-order valence-corrected chi connectivity index (χ3v) is 7.96. The van der Waals surface area contributed by atoms with Crippen molar-refractivity contribution in [3.63, 3.8) is 0 Å². The summed E-state index contributed by atoms with van der Waals surface area (Å²) in [6.45, 7) is 30.2. The molecule has 0 fully saturated rings. The predicted molar refractivity (Wildman–Crippen MR) is 205 cm³/mol. The van der Waals surface area contributed by atoms with E-state index >= 15 is 0 Å². The van der Waals surface area contributed by atoms with Crippen molar-refractivity contribution < 1.29 is 35.5 Å². The number of hydrogen-bond acceptors (Lipinski definition) is 1. The van der Waals surface area contributed by atoms with E-state index in [0.717, 1.165) is 0 Å². The van der Waals surface area contributed by atoms with Gasteiger partial charge in [0.2, 0.25) is 6.10 Å². The SMILES string of the molecule is CC.CC.CC.Cc1cc(C)c2c(c1)N(C)\C(=C/C=C/C=C/C=C/C1[O+](C)c3cc(C)cc(C)c3C1(C)C)C2(C)C.[CH3-].[CH3-].[CH3-].[U+3]. The molecule has 0 saturated carbocycles. The van der Waals surface area contributed by atoms with E-state index in [0.29, 0.717) is 0 Å². The molecule has 1 unspecified atom stereocenters. The second kappa shape index (κ2) is 21.8. The maximum absolute atomic E-state index is 3.38. The Kier molecular flexibility index (Phi) is 24.2. The summed E-state index contributed by atoms with van der Waals surface area (Å²) in [6, 6.07) is 9.19. The summed E-state index contributed by atoms with van der Waals surface area (Å²) in [5.41, 5.74) is 11.0. The molecule has 2 aromatic rings. The molecule has 2 aliphatic heterocycles. The third-order valence-electron chi connectivity index (χ3n) is 7.96. The zero-order valence-electron chi connectivity index (χ0n) is 32.8. The number of anilines is 1. The van der Waals surface area contributed by atoms with Crippen molar-refractivity contribution in [2.45, 2.75) is 114 Å². The molecule has 2 aliphatic rings. The minimum absolute atomic E-state index is 0. The van der Waals surface area contributed by atoms with Gasteiger partial charge in [0.1, 0.15) is 0 Å². The molecular weight excluding hydrogens is 772 g/mol. The van der Waals surface area contributed by atoms with E-state index in [1.165, 1.54) is 50.5 Å². The molecule has 4 rings (SSSR count). The van der Waals surface area contributed by atoms with Gasteiger partial charge < -0.3 is 31.5 Å². The summed E-state index contributed by atoms with van der Waals surface area (Å²) in [5, 5.41) is 0. The minimum Gasteiger partial charge on any atom is -0.568 e. The Labute approximate surface area is 306 Å². The monoisotopic (exact) mass is 842 g/mol. The molecule has 0 bridgehead atoms. The fourth-order valence-corrected chi connectivity index (χ4v) is 6.61. The van der Waals surface area contributed by atoms with Gasteiger partial charge in [-0.25, -0.2) is 0 Å². The maximum Gasteiger partial charge on any atom is 3.00 e. The van der Waals surface area contributed by atoms with Crippen LogP contribution in [-0.4, -0.2) is 20.3 Å². The third kappa shape index (κ3) is 10.5. The van der Waals surface area contributed by atoms with Gasteiger partial charge >= 0.3 is 31.1 Å². The van der Waals surface area contributed by atoms with Crippen LogP contribution >= 0.6 is 0 Å². The van der Waals surface area contributed by atoms with Crippen molar-refractivity contribution in [2.75, 3.05) is 19.1 Å². The summed E-state index contributed by atoms with van der Waals surface area (Å²) in [7, 11) is 4.32. The maximum atomic E-state index is 3.38. The first-order chi connectivity index (χ1) is 19.4. The molecule has 0 saturated heterocycles. The number of allylic oxidation sites excluding steroid dienone is 7. The molecule has 251 valence electrons. The second-order valence-corrected chi connectivity index (χ2v) is 11.5. The summed E-state index contributed by atoms with van der Waals surface area (Å²) >= 11 is 0. The van der Waals surface area contributed by atoms with Gasteiger partial charge in [0.05, 0.1) is 11.0 Å². The van der Waals surface area contributed by atoms with E-state index in [2.05, 4.69) is 146 Å². The number of hydrogen-bond donors (Lipinski definition) is 0. The van der Waals surface area contributed by atoms with E-state index in [-0.39, 0.29) is 70.3 Å². The van der Waals surface area contributed by atoms with Crippen LogP contribution in [0.3, 0.4) is 0 Å². The zero-order valence-corrected chi connectivity index (χ0v) is 36.9. The van der Waals surface area contributed by atoms with E-state index in [1.807, 2.05) is 41.5 Å². The van der Waals surface area contributed by atoms with Crippen LogP contribution in [-0.2, 0) is 15.2 Å². The quantitative estimate of drug-likeness (QED) is 0.169. The Morgan fingerprint density at radius 2 is 1.11 bits per heavy atom. The van der Waals surface area contributed by atoms with E-state index in [1.54, 1.807) is 0 Å². The van der Waals surface area contributed by atoms with Crippen LogP contribution in [0.4, 0.5) is 5.69 Å². The van der Waals surface area contributed by atoms with Crippen LogP contribution in [0.2, 0.25) is 0 Å². The molecule has 2 aromatic carbocycles. The Hall–Kier alpha value is -1.95. The largest absolute Gasteiger partial charge is 3.00 e. The smallest absolute Gasteiger partial charge is 0.568 e. The summed E-state index contributed by atoms with van der Waals surface area (Å²) in [5.74, 6) is 1.28. The van der Waals surface area contributed by atoms with Crippen LogP contribution in [0.15, 0.2) is 72.5 Å². The predicted octanol–water partition coefficient (Wildman–Crippen LogP) is 12.9. The average molecular weight is 842 g/mol. The van der Waals surface area contributed by atoms with Gasteiger partial charge in [-0.3, -0.25) is 0 Å². The van der Waals surface area contributed by atoms with Crippen LogP contribution in [0.5, 0.6) is 5.75 Å². The molecule has 1 radical (unpaired) electrons. The molecule has 0 N–H and O–H groups in total. The number of aryl methyl sites for hydroxylation is 4. The molecule has 0 amide bonds. The fraction of sp³-hybridized carbons (Fsp3) is 0.452. The van der Waals surface area contributed by atoms with Crippen LogP contribution in [0.1, 0.15) is 103 Å². The molecule has 0 aromatic heterocycles. The van der Waals surface area contributed by atoms with Gasteiger partial charge in [0.25, 0.3) is 5.75 Å². The topological polar surface area (TPSA) is 5.94 Å². The van der Waals surface area contributed by atoms with Crippen LogP contribution < -0.4 is 4.90 Å². The summed E-state index contributed by atoms with van der Waals surface area (Å²) in [4.78, 5) is 2.35. The standard InChI is InChI=1S/C33H42NO.3C2H6.3CH3.U/c1-22-18-24(3)30-26(20-22)34(9)28(32(30,5)6)16-14-12-11-13-15-17-29-33(7,8)31-25(4)19-23(2)21-27(31)35(29)10;3*1-2;;;;/h11-21,29H,1-10H3;3*1-2H3;3*1H3;/q+1;;;;3*-1;+3/b13-11+,14-12+,17-15+,28-16-;;;;;;;. The first-order valence-corrected chi connectivity index (χ1v) is 15.7.